The number of fused-ring (bicyclic) bond motifs is 3. The van der Waals surface area contributed by atoms with Crippen LogP contribution in [0.4, 0.5) is 0 Å². The van der Waals surface area contributed by atoms with E-state index in [4.69, 9.17) is 11.6 Å². The van der Waals surface area contributed by atoms with Crippen molar-refractivity contribution in [3.8, 4) is 0 Å². The van der Waals surface area contributed by atoms with E-state index in [2.05, 4.69) is 0 Å². The number of rotatable bonds is 0. The minimum Gasteiger partial charge on any atom is -0.122 e. The molecule has 0 radical (unpaired) electrons. The zero-order valence-corrected chi connectivity index (χ0v) is 6.14. The van der Waals surface area contributed by atoms with Gasteiger partial charge in [0.1, 0.15) is 0 Å². The van der Waals surface area contributed by atoms with E-state index < -0.39 is 0 Å². The molecule has 3 saturated carbocycles. The first-order valence-corrected chi connectivity index (χ1v) is 4.45. The molecule has 0 heterocycles. The molecular weight excluding hydrogens is 132 g/mol. The van der Waals surface area contributed by atoms with Gasteiger partial charge in [-0.1, -0.05) is 0 Å². The van der Waals surface area contributed by atoms with Gasteiger partial charge in [-0.05, 0) is 42.9 Å². The van der Waals surface area contributed by atoms with Crippen molar-refractivity contribution in [2.24, 2.45) is 23.7 Å². The lowest BCUT2D eigenvalue weighted by atomic mass is 10.0. The Morgan fingerprint density at radius 1 is 1.11 bits per heavy atom. The minimum atomic E-state index is 0.600. The van der Waals surface area contributed by atoms with Crippen LogP contribution in [0, 0.1) is 23.7 Å². The van der Waals surface area contributed by atoms with Gasteiger partial charge in [-0.3, -0.25) is 0 Å². The standard InChI is InChI=1S/C8H11Cl/c9-8-5-2-1-4-3-6(4)7(5)8/h4-8H,1-3H2. The van der Waals surface area contributed by atoms with Crippen LogP contribution >= 0.6 is 11.6 Å². The highest BCUT2D eigenvalue weighted by atomic mass is 35.5. The maximum atomic E-state index is 6.08. The SMILES string of the molecule is ClC1C2CCC3CC3C12. The van der Waals surface area contributed by atoms with Gasteiger partial charge in [0.25, 0.3) is 0 Å². The monoisotopic (exact) mass is 142 g/mol. The smallest absolute Gasteiger partial charge is 0.0401 e. The summed E-state index contributed by atoms with van der Waals surface area (Å²) in [5.74, 6) is 4.14. The average Bonchev–Trinajstić information content (AvgIpc) is 2.64. The van der Waals surface area contributed by atoms with E-state index in [0.717, 1.165) is 23.7 Å². The molecule has 1 heteroatoms. The summed E-state index contributed by atoms with van der Waals surface area (Å²) in [6.07, 6.45) is 4.46. The second-order valence-electron chi connectivity index (χ2n) is 3.92. The van der Waals surface area contributed by atoms with Gasteiger partial charge < -0.3 is 0 Å². The number of hydrogen-bond acceptors (Lipinski definition) is 0. The summed E-state index contributed by atoms with van der Waals surface area (Å²) in [6, 6.07) is 0. The topological polar surface area (TPSA) is 0 Å². The van der Waals surface area contributed by atoms with Crippen LogP contribution in [0.3, 0.4) is 0 Å². The molecule has 0 nitrogen and oxygen atoms in total. The first-order valence-electron chi connectivity index (χ1n) is 4.02. The first-order chi connectivity index (χ1) is 4.38. The summed E-state index contributed by atoms with van der Waals surface area (Å²) in [7, 11) is 0. The van der Waals surface area contributed by atoms with E-state index in [1.807, 2.05) is 0 Å². The van der Waals surface area contributed by atoms with E-state index in [1.54, 1.807) is 0 Å². The fourth-order valence-corrected chi connectivity index (χ4v) is 3.33. The molecule has 5 atom stereocenters. The largest absolute Gasteiger partial charge is 0.122 e. The van der Waals surface area contributed by atoms with Crippen molar-refractivity contribution in [2.45, 2.75) is 24.6 Å². The van der Waals surface area contributed by atoms with Gasteiger partial charge >= 0.3 is 0 Å². The molecule has 0 spiro atoms. The van der Waals surface area contributed by atoms with Crippen molar-refractivity contribution in [1.29, 1.82) is 0 Å². The predicted octanol–water partition coefficient (Wildman–Crippen LogP) is 2.27. The molecule has 0 bridgehead atoms. The van der Waals surface area contributed by atoms with Crippen molar-refractivity contribution in [3.05, 3.63) is 0 Å². The van der Waals surface area contributed by atoms with Crippen molar-refractivity contribution in [3.63, 3.8) is 0 Å². The molecule has 3 rings (SSSR count). The van der Waals surface area contributed by atoms with Gasteiger partial charge in [0.2, 0.25) is 0 Å². The first kappa shape index (κ1) is 5.01. The Labute approximate surface area is 60.6 Å². The van der Waals surface area contributed by atoms with Crippen LogP contribution in [0.2, 0.25) is 0 Å². The lowest BCUT2D eigenvalue weighted by Crippen LogP contribution is -1.96. The van der Waals surface area contributed by atoms with Gasteiger partial charge in [0.05, 0.1) is 0 Å². The van der Waals surface area contributed by atoms with Crippen molar-refractivity contribution < 1.29 is 0 Å². The second kappa shape index (κ2) is 1.32. The summed E-state index contributed by atoms with van der Waals surface area (Å²) in [5.41, 5.74) is 0. The molecule has 0 aromatic carbocycles. The summed E-state index contributed by atoms with van der Waals surface area (Å²) >= 11 is 6.08. The Balaban J connectivity index is 1.86. The van der Waals surface area contributed by atoms with E-state index in [9.17, 15) is 0 Å². The lowest BCUT2D eigenvalue weighted by Gasteiger charge is -2.03. The normalized spacial score (nSPS) is 68.3. The quantitative estimate of drug-likeness (QED) is 0.456. The van der Waals surface area contributed by atoms with Crippen LogP contribution in [0.15, 0.2) is 0 Å². The Kier molecular flexibility index (Phi) is 0.733. The Hall–Kier alpha value is 0.290. The van der Waals surface area contributed by atoms with Gasteiger partial charge in [0.15, 0.2) is 0 Å². The molecule has 0 saturated heterocycles. The summed E-state index contributed by atoms with van der Waals surface area (Å²) in [6.45, 7) is 0. The minimum absolute atomic E-state index is 0.600. The summed E-state index contributed by atoms with van der Waals surface area (Å²) in [4.78, 5) is 0. The molecule has 3 fully saturated rings. The molecule has 3 aliphatic rings. The van der Waals surface area contributed by atoms with Crippen LogP contribution in [0.25, 0.3) is 0 Å². The van der Waals surface area contributed by atoms with Crippen LogP contribution in [-0.2, 0) is 0 Å². The highest BCUT2D eigenvalue weighted by molar-refractivity contribution is 6.23. The van der Waals surface area contributed by atoms with Gasteiger partial charge in [-0.2, -0.15) is 0 Å². The van der Waals surface area contributed by atoms with Crippen LogP contribution in [0.5, 0.6) is 0 Å². The lowest BCUT2D eigenvalue weighted by molar-refractivity contribution is 0.456. The number of hydrogen-bond donors (Lipinski definition) is 0. The Morgan fingerprint density at radius 3 is 2.78 bits per heavy atom. The van der Waals surface area contributed by atoms with Gasteiger partial charge in [-0.25, -0.2) is 0 Å². The third kappa shape index (κ3) is 0.513. The second-order valence-corrected chi connectivity index (χ2v) is 4.43. The van der Waals surface area contributed by atoms with Gasteiger partial charge in [-0.15, -0.1) is 11.6 Å². The maximum absolute atomic E-state index is 6.08. The molecular formula is C8H11Cl. The van der Waals surface area contributed by atoms with E-state index in [-0.39, 0.29) is 0 Å². The van der Waals surface area contributed by atoms with Crippen LogP contribution in [0.1, 0.15) is 19.3 Å². The molecule has 0 aliphatic heterocycles. The molecule has 0 aromatic rings. The van der Waals surface area contributed by atoms with Crippen LogP contribution in [-0.4, -0.2) is 5.38 Å². The number of alkyl halides is 1. The molecule has 0 aromatic heterocycles. The molecule has 3 aliphatic carbocycles. The highest BCUT2D eigenvalue weighted by Gasteiger charge is 2.62. The number of halogens is 1. The van der Waals surface area contributed by atoms with Crippen molar-refractivity contribution >= 4 is 11.6 Å². The highest BCUT2D eigenvalue weighted by Crippen LogP contribution is 2.67. The van der Waals surface area contributed by atoms with Crippen molar-refractivity contribution in [1.82, 2.24) is 0 Å². The molecule has 0 N–H and O–H groups in total. The Bertz CT molecular complexity index is 153. The van der Waals surface area contributed by atoms with Crippen molar-refractivity contribution in [2.75, 3.05) is 0 Å². The Morgan fingerprint density at radius 2 is 2.00 bits per heavy atom. The molecule has 9 heavy (non-hydrogen) atoms. The predicted molar refractivity (Wildman–Crippen MR) is 37.5 cm³/mol. The zero-order chi connectivity index (χ0) is 6.01. The molecule has 5 unspecified atom stereocenters. The van der Waals surface area contributed by atoms with Gasteiger partial charge in [0, 0.05) is 5.38 Å². The molecule has 0 amide bonds. The third-order valence-corrected chi connectivity index (χ3v) is 4.09. The molecule has 50 valence electrons. The van der Waals surface area contributed by atoms with E-state index in [0.29, 0.717) is 5.38 Å². The van der Waals surface area contributed by atoms with E-state index >= 15 is 0 Å². The fraction of sp³-hybridized carbons (Fsp3) is 1.00. The average molecular weight is 143 g/mol. The summed E-state index contributed by atoms with van der Waals surface area (Å²) < 4.78 is 0. The van der Waals surface area contributed by atoms with E-state index in [1.165, 1.54) is 19.3 Å². The third-order valence-electron chi connectivity index (χ3n) is 3.47. The summed E-state index contributed by atoms with van der Waals surface area (Å²) in [5, 5.41) is 0.600. The zero-order valence-electron chi connectivity index (χ0n) is 5.39. The maximum Gasteiger partial charge on any atom is 0.0401 e. The van der Waals surface area contributed by atoms with Crippen LogP contribution < -0.4 is 0 Å². The fourth-order valence-electron chi connectivity index (χ4n) is 2.74.